The van der Waals surface area contributed by atoms with E-state index in [9.17, 15) is 4.79 Å². The Labute approximate surface area is 164 Å². The molecule has 1 aliphatic heterocycles. The number of thiophene rings is 1. The number of aliphatic imine (C=N–C) groups is 1. The van der Waals surface area contributed by atoms with Gasteiger partial charge in [-0.3, -0.25) is 9.79 Å². The van der Waals surface area contributed by atoms with Crippen molar-refractivity contribution in [1.82, 2.24) is 0 Å². The van der Waals surface area contributed by atoms with Crippen molar-refractivity contribution in [3.63, 3.8) is 0 Å². The summed E-state index contributed by atoms with van der Waals surface area (Å²) in [5.74, 6) is 1.25. The van der Waals surface area contributed by atoms with Crippen LogP contribution in [0.2, 0.25) is 0 Å². The van der Waals surface area contributed by atoms with Crippen LogP contribution in [0.5, 0.6) is 11.5 Å². The molecule has 1 N–H and O–H groups in total. The van der Waals surface area contributed by atoms with Gasteiger partial charge in [0.1, 0.15) is 11.5 Å². The number of ether oxygens (including phenoxy) is 2. The molecule has 6 heteroatoms. The zero-order chi connectivity index (χ0) is 19.2. The molecule has 1 amide bonds. The van der Waals surface area contributed by atoms with E-state index in [1.165, 1.54) is 30.6 Å². The molecule has 2 heterocycles. The molecule has 3 rings (SSSR count). The molecule has 0 spiro atoms. The third kappa shape index (κ3) is 4.50. The molecule has 0 atom stereocenters. The van der Waals surface area contributed by atoms with Gasteiger partial charge in [0.25, 0.3) is 0 Å². The lowest BCUT2D eigenvalue weighted by molar-refractivity contribution is -0.114. The maximum Gasteiger partial charge on any atom is 0.246 e. The molecule has 0 aliphatic carbocycles. The van der Waals surface area contributed by atoms with E-state index < -0.39 is 0 Å². The van der Waals surface area contributed by atoms with Crippen LogP contribution in [0.25, 0.3) is 0 Å². The minimum absolute atomic E-state index is 0.0777. The largest absolute Gasteiger partial charge is 0.493 e. The predicted octanol–water partition coefficient (Wildman–Crippen LogP) is 4.68. The molecule has 2 aromatic rings. The molecule has 1 aromatic heterocycles. The highest BCUT2D eigenvalue weighted by Gasteiger charge is 2.22. The van der Waals surface area contributed by atoms with E-state index in [1.807, 2.05) is 18.2 Å². The second-order valence-electron chi connectivity index (χ2n) is 6.55. The lowest BCUT2D eigenvalue weighted by Gasteiger charge is -2.11. The Morgan fingerprint density at radius 3 is 2.67 bits per heavy atom. The first-order valence-electron chi connectivity index (χ1n) is 9.36. The molecule has 0 saturated heterocycles. The van der Waals surface area contributed by atoms with E-state index >= 15 is 0 Å². The van der Waals surface area contributed by atoms with Gasteiger partial charge in [-0.15, -0.1) is 11.3 Å². The third-order valence-corrected chi connectivity index (χ3v) is 5.72. The number of carbonyl (C=O) groups excluding carboxylic acids is 1. The number of fused-ring (bicyclic) bond motifs is 1. The van der Waals surface area contributed by atoms with Crippen LogP contribution in [-0.2, 0) is 11.2 Å². The Balaban J connectivity index is 1.93. The van der Waals surface area contributed by atoms with E-state index in [4.69, 9.17) is 9.47 Å². The quantitative estimate of drug-likeness (QED) is 0.670. The maximum absolute atomic E-state index is 12.1. The molecule has 5 nitrogen and oxygen atoms in total. The van der Waals surface area contributed by atoms with E-state index in [0.717, 1.165) is 28.3 Å². The van der Waals surface area contributed by atoms with Gasteiger partial charge in [0.2, 0.25) is 5.91 Å². The number of hydrogen-bond acceptors (Lipinski definition) is 5. The van der Waals surface area contributed by atoms with Gasteiger partial charge in [-0.25, -0.2) is 0 Å². The summed E-state index contributed by atoms with van der Waals surface area (Å²) >= 11 is 1.66. The minimum atomic E-state index is -0.0777. The van der Waals surface area contributed by atoms with Crippen molar-refractivity contribution < 1.29 is 14.3 Å². The Morgan fingerprint density at radius 1 is 1.11 bits per heavy atom. The number of carbonyl (C=O) groups is 1. The summed E-state index contributed by atoms with van der Waals surface area (Å²) in [6.07, 6.45) is 5.94. The summed E-state index contributed by atoms with van der Waals surface area (Å²) in [5.41, 5.74) is 2.73. The van der Waals surface area contributed by atoms with Crippen LogP contribution in [0, 0.1) is 0 Å². The zero-order valence-electron chi connectivity index (χ0n) is 16.1. The van der Waals surface area contributed by atoms with Crippen LogP contribution in [0.15, 0.2) is 29.3 Å². The first-order valence-corrected chi connectivity index (χ1v) is 10.2. The van der Waals surface area contributed by atoms with Crippen molar-refractivity contribution in [1.29, 1.82) is 0 Å². The van der Waals surface area contributed by atoms with E-state index in [2.05, 4.69) is 23.3 Å². The Morgan fingerprint density at radius 2 is 1.93 bits per heavy atom. The predicted molar refractivity (Wildman–Crippen MR) is 111 cm³/mol. The molecular formula is C21H26N2O3S. The third-order valence-electron chi connectivity index (χ3n) is 4.61. The molecule has 0 radical (unpaired) electrons. The summed E-state index contributed by atoms with van der Waals surface area (Å²) in [4.78, 5) is 18.0. The average Bonchev–Trinajstić information content (AvgIpc) is 3.00. The summed E-state index contributed by atoms with van der Waals surface area (Å²) in [7, 11) is 3.23. The second-order valence-corrected chi connectivity index (χ2v) is 7.69. The highest BCUT2D eigenvalue weighted by Crippen LogP contribution is 2.35. The monoisotopic (exact) mass is 386 g/mol. The molecule has 0 saturated carbocycles. The van der Waals surface area contributed by atoms with Crippen molar-refractivity contribution in [2.45, 2.75) is 39.0 Å². The number of methoxy groups -OCH3 is 2. The van der Waals surface area contributed by atoms with Gasteiger partial charge >= 0.3 is 0 Å². The second kappa shape index (κ2) is 9.04. The number of nitrogens with one attached hydrogen (secondary N) is 1. The van der Waals surface area contributed by atoms with Crippen LogP contribution in [-0.4, -0.2) is 32.4 Å². The van der Waals surface area contributed by atoms with Crippen LogP contribution in [0.1, 0.15) is 48.6 Å². The van der Waals surface area contributed by atoms with Crippen molar-refractivity contribution in [2.24, 2.45) is 4.99 Å². The van der Waals surface area contributed by atoms with Crippen molar-refractivity contribution >= 4 is 28.0 Å². The first kappa shape index (κ1) is 19.4. The Hall–Kier alpha value is -2.34. The number of benzene rings is 1. The molecule has 1 aliphatic rings. The number of aryl methyl sites for hydroxylation is 1. The Kier molecular flexibility index (Phi) is 6.50. The first-order chi connectivity index (χ1) is 13.2. The standard InChI is InChI=1S/C21H26N2O3S/c1-4-5-6-7-8-15-12-16-20(22-13-19(24)23-21(16)27-15)14-9-10-17(25-2)18(11-14)26-3/h9-12H,4-8,13H2,1-3H3,(H,23,24). The number of anilines is 1. The zero-order valence-corrected chi connectivity index (χ0v) is 16.9. The van der Waals surface area contributed by atoms with Gasteiger partial charge in [-0.05, 0) is 37.1 Å². The average molecular weight is 387 g/mol. The summed E-state index contributed by atoms with van der Waals surface area (Å²) in [6.45, 7) is 2.34. The molecular weight excluding hydrogens is 360 g/mol. The molecule has 144 valence electrons. The molecule has 27 heavy (non-hydrogen) atoms. The fraction of sp³-hybridized carbons (Fsp3) is 0.429. The number of nitrogens with zero attached hydrogens (tertiary/aromatic N) is 1. The smallest absolute Gasteiger partial charge is 0.246 e. The van der Waals surface area contributed by atoms with E-state index in [0.29, 0.717) is 11.5 Å². The van der Waals surface area contributed by atoms with Crippen molar-refractivity contribution in [3.8, 4) is 11.5 Å². The molecule has 0 unspecified atom stereocenters. The normalized spacial score (nSPS) is 13.4. The molecule has 0 fully saturated rings. The Bertz CT molecular complexity index is 842. The highest BCUT2D eigenvalue weighted by atomic mass is 32.1. The minimum Gasteiger partial charge on any atom is -0.493 e. The van der Waals surface area contributed by atoms with Crippen LogP contribution < -0.4 is 14.8 Å². The number of hydrogen-bond donors (Lipinski definition) is 1. The number of amides is 1. The number of rotatable bonds is 8. The van der Waals surface area contributed by atoms with Crippen molar-refractivity contribution in [3.05, 3.63) is 40.3 Å². The van der Waals surface area contributed by atoms with Crippen LogP contribution in [0.3, 0.4) is 0 Å². The topological polar surface area (TPSA) is 59.9 Å². The van der Waals surface area contributed by atoms with Gasteiger partial charge in [0, 0.05) is 16.0 Å². The summed E-state index contributed by atoms with van der Waals surface area (Å²) in [6, 6.07) is 7.91. The fourth-order valence-electron chi connectivity index (χ4n) is 3.19. The van der Waals surface area contributed by atoms with Gasteiger partial charge in [0.05, 0.1) is 19.9 Å². The SMILES string of the molecule is CCCCCCc1cc2c(s1)NC(=O)CN=C2c1ccc(OC)c(OC)c1. The fourth-order valence-corrected chi connectivity index (χ4v) is 4.31. The van der Waals surface area contributed by atoms with Crippen LogP contribution >= 0.6 is 11.3 Å². The van der Waals surface area contributed by atoms with Crippen molar-refractivity contribution in [2.75, 3.05) is 26.1 Å². The summed E-state index contributed by atoms with van der Waals surface area (Å²) in [5, 5.41) is 3.89. The van der Waals surface area contributed by atoms with Gasteiger partial charge < -0.3 is 14.8 Å². The van der Waals surface area contributed by atoms with E-state index in [-0.39, 0.29) is 12.5 Å². The maximum atomic E-state index is 12.1. The van der Waals surface area contributed by atoms with Crippen LogP contribution in [0.4, 0.5) is 5.00 Å². The lowest BCUT2D eigenvalue weighted by atomic mass is 10.0. The summed E-state index contributed by atoms with van der Waals surface area (Å²) < 4.78 is 10.8. The van der Waals surface area contributed by atoms with Gasteiger partial charge in [-0.2, -0.15) is 0 Å². The van der Waals surface area contributed by atoms with Gasteiger partial charge in [0.15, 0.2) is 11.5 Å². The number of unbranched alkanes of at least 4 members (excludes halogenated alkanes) is 3. The highest BCUT2D eigenvalue weighted by molar-refractivity contribution is 7.16. The molecule has 1 aromatic carbocycles. The molecule has 0 bridgehead atoms. The lowest BCUT2D eigenvalue weighted by Crippen LogP contribution is -2.12. The van der Waals surface area contributed by atoms with Gasteiger partial charge in [-0.1, -0.05) is 26.2 Å². The van der Waals surface area contributed by atoms with E-state index in [1.54, 1.807) is 25.6 Å².